The number of hydrogen-bond donors (Lipinski definition) is 1. The number of piperazine rings is 1. The molecule has 2 heterocycles. The third-order valence-electron chi connectivity index (χ3n) is 4.45. The van der Waals surface area contributed by atoms with Crippen molar-refractivity contribution in [2.45, 2.75) is 57.7 Å². The van der Waals surface area contributed by atoms with Gasteiger partial charge in [-0.3, -0.25) is 14.5 Å². The summed E-state index contributed by atoms with van der Waals surface area (Å²) in [6, 6.07) is 0.432. The maximum absolute atomic E-state index is 12.5. The second kappa shape index (κ2) is 5.90. The summed E-state index contributed by atoms with van der Waals surface area (Å²) in [6.45, 7) is 5.79. The number of nitrogens with zero attached hydrogens (tertiary/aromatic N) is 2. The maximum atomic E-state index is 12.5. The highest BCUT2D eigenvalue weighted by molar-refractivity contribution is 5.88. The summed E-state index contributed by atoms with van der Waals surface area (Å²) in [5.41, 5.74) is 0. The highest BCUT2D eigenvalue weighted by Crippen LogP contribution is 2.17. The minimum Gasteiger partial charge on any atom is -0.344 e. The van der Waals surface area contributed by atoms with Gasteiger partial charge in [-0.1, -0.05) is 6.42 Å². The van der Waals surface area contributed by atoms with E-state index in [1.54, 1.807) is 0 Å². The Balaban J connectivity index is 2.00. The zero-order valence-corrected chi connectivity index (χ0v) is 12.2. The summed E-state index contributed by atoms with van der Waals surface area (Å²) in [5, 5.41) is 2.87. The summed E-state index contributed by atoms with van der Waals surface area (Å²) in [5.74, 6) is 0.119. The van der Waals surface area contributed by atoms with E-state index in [9.17, 15) is 9.59 Å². The molecule has 0 spiro atoms. The van der Waals surface area contributed by atoms with Gasteiger partial charge in [0.25, 0.3) is 0 Å². The van der Waals surface area contributed by atoms with Crippen LogP contribution < -0.4 is 5.32 Å². The van der Waals surface area contributed by atoms with Gasteiger partial charge in [0.1, 0.15) is 6.04 Å². The molecule has 5 heteroatoms. The number of carbonyl (C=O) groups excluding carboxylic acids is 2. The summed E-state index contributed by atoms with van der Waals surface area (Å²) < 4.78 is 0. The van der Waals surface area contributed by atoms with E-state index in [0.29, 0.717) is 18.5 Å². The predicted molar refractivity (Wildman–Crippen MR) is 73.7 cm³/mol. The van der Waals surface area contributed by atoms with Crippen LogP contribution in [-0.2, 0) is 9.59 Å². The zero-order chi connectivity index (χ0) is 14.0. The molecule has 5 nitrogen and oxygen atoms in total. The van der Waals surface area contributed by atoms with E-state index in [-0.39, 0.29) is 17.9 Å². The van der Waals surface area contributed by atoms with Crippen LogP contribution in [0.2, 0.25) is 0 Å². The summed E-state index contributed by atoms with van der Waals surface area (Å²) in [7, 11) is 2.10. The Bertz CT molecular complexity index is 347. The highest BCUT2D eigenvalue weighted by Gasteiger charge is 2.33. The average Bonchev–Trinajstić information content (AvgIpc) is 2.59. The van der Waals surface area contributed by atoms with Crippen LogP contribution in [0, 0.1) is 0 Å². The lowest BCUT2D eigenvalue weighted by atomic mass is 10.1. The molecule has 2 fully saturated rings. The number of rotatable bonds is 1. The van der Waals surface area contributed by atoms with Gasteiger partial charge in [0, 0.05) is 31.6 Å². The monoisotopic (exact) mass is 267 g/mol. The topological polar surface area (TPSA) is 52.7 Å². The Kier molecular flexibility index (Phi) is 4.45. The van der Waals surface area contributed by atoms with E-state index in [2.05, 4.69) is 31.1 Å². The molecule has 0 aliphatic carbocycles. The molecule has 2 rings (SSSR count). The van der Waals surface area contributed by atoms with Gasteiger partial charge in [0.05, 0.1) is 0 Å². The maximum Gasteiger partial charge on any atom is 0.245 e. The van der Waals surface area contributed by atoms with E-state index in [0.717, 1.165) is 32.4 Å². The molecule has 2 aliphatic heterocycles. The molecule has 0 unspecified atom stereocenters. The van der Waals surface area contributed by atoms with E-state index in [1.165, 1.54) is 0 Å². The van der Waals surface area contributed by atoms with Crippen LogP contribution in [0.3, 0.4) is 0 Å². The second-order valence-electron chi connectivity index (χ2n) is 5.97. The second-order valence-corrected chi connectivity index (χ2v) is 5.97. The molecule has 0 saturated carbocycles. The smallest absolute Gasteiger partial charge is 0.245 e. The van der Waals surface area contributed by atoms with Gasteiger partial charge in [-0.15, -0.1) is 0 Å². The molecule has 2 saturated heterocycles. The van der Waals surface area contributed by atoms with Gasteiger partial charge < -0.3 is 10.2 Å². The molecular weight excluding hydrogens is 242 g/mol. The third kappa shape index (κ3) is 3.26. The third-order valence-corrected chi connectivity index (χ3v) is 4.45. The van der Waals surface area contributed by atoms with Gasteiger partial charge in [-0.25, -0.2) is 0 Å². The van der Waals surface area contributed by atoms with Crippen molar-refractivity contribution in [1.82, 2.24) is 15.1 Å². The first kappa shape index (κ1) is 14.3. The van der Waals surface area contributed by atoms with Gasteiger partial charge in [0.2, 0.25) is 11.8 Å². The van der Waals surface area contributed by atoms with Crippen LogP contribution in [0.5, 0.6) is 0 Å². The first-order valence-corrected chi connectivity index (χ1v) is 7.29. The van der Waals surface area contributed by atoms with Crippen molar-refractivity contribution in [2.24, 2.45) is 0 Å². The largest absolute Gasteiger partial charge is 0.344 e. The van der Waals surface area contributed by atoms with Crippen molar-refractivity contribution in [3.8, 4) is 0 Å². The van der Waals surface area contributed by atoms with Crippen molar-refractivity contribution < 1.29 is 9.59 Å². The molecule has 0 radical (unpaired) electrons. The molecule has 0 aromatic carbocycles. The van der Waals surface area contributed by atoms with E-state index in [1.807, 2.05) is 4.90 Å². The van der Waals surface area contributed by atoms with Crippen molar-refractivity contribution in [1.29, 1.82) is 0 Å². The van der Waals surface area contributed by atoms with Crippen molar-refractivity contribution in [3.05, 3.63) is 0 Å². The van der Waals surface area contributed by atoms with Crippen molar-refractivity contribution >= 4 is 11.8 Å². The number of likely N-dealkylation sites (N-methyl/N-ethyl adjacent to an activating group) is 1. The average molecular weight is 267 g/mol. The molecule has 1 N–H and O–H groups in total. The molecule has 19 heavy (non-hydrogen) atoms. The fourth-order valence-electron chi connectivity index (χ4n) is 2.96. The Labute approximate surface area is 115 Å². The lowest BCUT2D eigenvalue weighted by molar-refractivity contribution is -0.139. The fourth-order valence-corrected chi connectivity index (χ4v) is 2.96. The Morgan fingerprint density at radius 3 is 2.47 bits per heavy atom. The van der Waals surface area contributed by atoms with Gasteiger partial charge >= 0.3 is 0 Å². The molecule has 0 bridgehead atoms. The van der Waals surface area contributed by atoms with Crippen LogP contribution in [0.15, 0.2) is 0 Å². The number of amides is 2. The van der Waals surface area contributed by atoms with Gasteiger partial charge in [-0.2, -0.15) is 0 Å². The molecule has 2 aliphatic rings. The van der Waals surface area contributed by atoms with Crippen LogP contribution >= 0.6 is 0 Å². The summed E-state index contributed by atoms with van der Waals surface area (Å²) >= 11 is 0. The minimum absolute atomic E-state index is 0.0195. The zero-order valence-electron chi connectivity index (χ0n) is 12.2. The Morgan fingerprint density at radius 1 is 1.21 bits per heavy atom. The first-order valence-electron chi connectivity index (χ1n) is 7.29. The van der Waals surface area contributed by atoms with Crippen LogP contribution in [0.1, 0.15) is 39.5 Å². The predicted octanol–water partition coefficient (Wildman–Crippen LogP) is 0.596. The molecule has 3 atom stereocenters. The quantitative estimate of drug-likeness (QED) is 0.757. The minimum atomic E-state index is -0.308. The van der Waals surface area contributed by atoms with Crippen molar-refractivity contribution in [3.63, 3.8) is 0 Å². The summed E-state index contributed by atoms with van der Waals surface area (Å²) in [4.78, 5) is 28.3. The van der Waals surface area contributed by atoms with Crippen LogP contribution in [0.25, 0.3) is 0 Å². The fraction of sp³-hybridized carbons (Fsp3) is 0.857. The highest BCUT2D eigenvalue weighted by atomic mass is 16.2. The van der Waals surface area contributed by atoms with Crippen LogP contribution in [0.4, 0.5) is 0 Å². The lowest BCUT2D eigenvalue weighted by Crippen LogP contribution is -2.59. The van der Waals surface area contributed by atoms with E-state index in [4.69, 9.17) is 0 Å². The molecular formula is C14H25N3O2. The van der Waals surface area contributed by atoms with Crippen molar-refractivity contribution in [2.75, 3.05) is 20.1 Å². The SMILES string of the molecule is C[C@@H]1CN(C(=O)[C@@H]2CCCCC(=O)N2)C[C@H](C)N1C. The molecule has 0 aromatic rings. The molecule has 108 valence electrons. The lowest BCUT2D eigenvalue weighted by Gasteiger charge is -2.43. The standard InChI is InChI=1S/C14H25N3O2/c1-10-8-17(9-11(2)16(10)3)14(19)12-6-4-5-7-13(18)15-12/h10-12H,4-9H2,1-3H3,(H,15,18)/t10-,11+,12-/m0/s1. The Morgan fingerprint density at radius 2 is 1.84 bits per heavy atom. The number of carbonyl (C=O) groups is 2. The van der Waals surface area contributed by atoms with E-state index < -0.39 is 0 Å². The van der Waals surface area contributed by atoms with Crippen LogP contribution in [-0.4, -0.2) is 59.9 Å². The number of hydrogen-bond acceptors (Lipinski definition) is 3. The molecule has 0 aromatic heterocycles. The van der Waals surface area contributed by atoms with Gasteiger partial charge in [0.15, 0.2) is 0 Å². The first-order chi connectivity index (χ1) is 8.99. The number of nitrogens with one attached hydrogen (secondary N) is 1. The molecule has 2 amide bonds. The van der Waals surface area contributed by atoms with E-state index >= 15 is 0 Å². The summed E-state index contributed by atoms with van der Waals surface area (Å²) in [6.07, 6.45) is 3.18. The van der Waals surface area contributed by atoms with Gasteiger partial charge in [-0.05, 0) is 33.7 Å². The normalized spacial score (nSPS) is 33.7. The Hall–Kier alpha value is -1.10.